The number of nitrogens with one attached hydrogen (secondary N) is 11. The number of nitrogens with two attached hydrogens (primary N) is 1. The molecule has 0 spiro atoms. The lowest BCUT2D eigenvalue weighted by molar-refractivity contribution is -0.149. The molecule has 4 aliphatic heterocycles. The largest absolute Gasteiger partial charge is 0.508 e. The Balaban J connectivity index is 1.66. The van der Waals surface area contributed by atoms with Gasteiger partial charge in [0, 0.05) is 48.9 Å². The van der Waals surface area contributed by atoms with Crippen LogP contribution < -0.4 is 64.2 Å². The highest BCUT2D eigenvalue weighted by atomic mass is 33.1. The first-order valence-electron chi connectivity index (χ1n) is 30.0. The molecule has 4 aliphatic rings. The van der Waals surface area contributed by atoms with Crippen LogP contribution in [0.5, 0.6) is 5.75 Å². The minimum absolute atomic E-state index is 0.0256. The number of fused-ring (bicyclic) bond motifs is 10. The zero-order chi connectivity index (χ0) is 69.0. The Kier molecular flexibility index (Phi) is 30.0. The number of phenols is 1. The number of hydrogen-bond donors (Lipinski definition) is 17. The second kappa shape index (κ2) is 36.5. The topological polar surface area (TPSA) is 505 Å². The quantitative estimate of drug-likeness (QED) is 0.0866. The molecular weight excluding hydrogens is 1300 g/mol. The second-order valence-electron chi connectivity index (χ2n) is 23.4. The first-order valence-corrected chi connectivity index (χ1v) is 35.0. The van der Waals surface area contributed by atoms with E-state index >= 15 is 0 Å². The average Bonchev–Trinajstić information content (AvgIpc) is 1.69. The molecule has 4 heterocycles. The molecule has 1 aromatic carbocycles. The van der Waals surface area contributed by atoms with Gasteiger partial charge in [-0.1, -0.05) is 83.0 Å². The smallest absolute Gasteiger partial charge is 0.322 e. The number of aliphatic carboxylic acids is 1. The van der Waals surface area contributed by atoms with Crippen LogP contribution in [-0.2, 0) is 73.5 Å². The molecule has 516 valence electrons. The summed E-state index contributed by atoms with van der Waals surface area (Å²) in [6, 6.07) is -13.3. The molecule has 0 radical (unpaired) electrons. The van der Waals surface area contributed by atoms with Gasteiger partial charge in [-0.2, -0.15) is 0 Å². The van der Waals surface area contributed by atoms with Crippen LogP contribution in [0.1, 0.15) is 72.8 Å². The van der Waals surface area contributed by atoms with Crippen molar-refractivity contribution in [2.24, 2.45) is 17.6 Å². The van der Waals surface area contributed by atoms with E-state index in [1.54, 1.807) is 27.7 Å². The van der Waals surface area contributed by atoms with Crippen molar-refractivity contribution in [1.82, 2.24) is 68.3 Å². The Bertz CT molecular complexity index is 2900. The molecule has 37 heteroatoms. The Morgan fingerprint density at radius 2 is 1.22 bits per heavy atom. The molecule has 0 aliphatic carbocycles. The number of nitrogens with zero attached hydrogens (tertiary/aromatic N) is 2. The monoisotopic (exact) mass is 1380 g/mol. The number of carboxylic acids is 1. The number of carbonyl (C=O) groups excluding carboxylic acids is 13. The molecule has 1 unspecified atom stereocenters. The third kappa shape index (κ3) is 22.8. The van der Waals surface area contributed by atoms with Gasteiger partial charge >= 0.3 is 5.97 Å². The molecule has 5 rings (SSSR count). The molecule has 0 saturated carbocycles. The SMILES string of the molecule is CC(C)C[C@@H]1NC(=O)[C@H](C(C)C)NC(=O)[C@H](C)NC(=O)[C@@H]2CSSC[C@H](NC(=O)CN)C(=O)N[C@@H](CSSC[C@H](C(=O)NCC(=O)O)NC(=O)[C@H](Cc3ccc(O)cc3)NC1=O)C(=O)N[C@@H](CO)C(=O)N[C@@H]([C@@H](C)O)C(=O)N1CC(O)C[C@H]1C(=O)N1CCC[C@H]1C(=O)N2. The predicted molar refractivity (Wildman–Crippen MR) is 340 cm³/mol. The van der Waals surface area contributed by atoms with E-state index in [9.17, 15) is 92.7 Å². The van der Waals surface area contributed by atoms with Crippen molar-refractivity contribution in [3.8, 4) is 5.75 Å². The highest BCUT2D eigenvalue weighted by Crippen LogP contribution is 2.29. The van der Waals surface area contributed by atoms with Gasteiger partial charge in [0.15, 0.2) is 0 Å². The molecule has 14 atom stereocenters. The lowest BCUT2D eigenvalue weighted by Gasteiger charge is -2.34. The second-order valence-corrected chi connectivity index (χ2v) is 28.5. The maximum atomic E-state index is 14.6. The van der Waals surface area contributed by atoms with Crippen molar-refractivity contribution in [3.63, 3.8) is 0 Å². The summed E-state index contributed by atoms with van der Waals surface area (Å²) in [6.45, 7) is 5.84. The first kappa shape index (κ1) is 76.6. The molecule has 2 bridgehead atoms. The molecule has 4 fully saturated rings. The average molecular weight is 1390 g/mol. The Hall–Kier alpha value is -7.16. The van der Waals surface area contributed by atoms with Crippen molar-refractivity contribution < 1.29 is 92.7 Å². The van der Waals surface area contributed by atoms with Crippen molar-refractivity contribution in [2.75, 3.05) is 55.8 Å². The van der Waals surface area contributed by atoms with Crippen LogP contribution in [0.15, 0.2) is 24.3 Å². The summed E-state index contributed by atoms with van der Waals surface area (Å²) < 4.78 is 0. The summed E-state index contributed by atoms with van der Waals surface area (Å²) >= 11 is 0. The third-order valence-corrected chi connectivity index (χ3v) is 20.0. The number of phenolic OH excluding ortho intramolecular Hbond substituents is 1. The van der Waals surface area contributed by atoms with E-state index in [4.69, 9.17) is 5.73 Å². The Morgan fingerprint density at radius 1 is 0.645 bits per heavy atom. The van der Waals surface area contributed by atoms with Crippen molar-refractivity contribution in [1.29, 1.82) is 0 Å². The van der Waals surface area contributed by atoms with E-state index in [0.717, 1.165) is 59.9 Å². The Labute approximate surface area is 551 Å². The fourth-order valence-electron chi connectivity index (χ4n) is 10.1. The van der Waals surface area contributed by atoms with E-state index in [-0.39, 0.29) is 61.8 Å². The summed E-state index contributed by atoms with van der Waals surface area (Å²) in [5.41, 5.74) is 6.01. The summed E-state index contributed by atoms with van der Waals surface area (Å²) in [5, 5.41) is 79.4. The zero-order valence-corrected chi connectivity index (χ0v) is 55.3. The number of rotatable bonds is 12. The van der Waals surface area contributed by atoms with E-state index in [0.29, 0.717) is 5.56 Å². The first-order chi connectivity index (χ1) is 43.9. The maximum Gasteiger partial charge on any atom is 0.322 e. The minimum atomic E-state index is -1.94. The van der Waals surface area contributed by atoms with E-state index < -0.39 is 211 Å². The van der Waals surface area contributed by atoms with Gasteiger partial charge < -0.3 is 99.6 Å². The number of aliphatic hydroxyl groups is 3. The van der Waals surface area contributed by atoms with E-state index in [1.807, 2.05) is 0 Å². The molecule has 18 N–H and O–H groups in total. The van der Waals surface area contributed by atoms with Crippen molar-refractivity contribution in [3.05, 3.63) is 29.8 Å². The fraction of sp³-hybridized carbons (Fsp3) is 0.643. The van der Waals surface area contributed by atoms with Gasteiger partial charge in [0.1, 0.15) is 84.8 Å². The number of aliphatic hydroxyl groups excluding tert-OH is 3. The predicted octanol–water partition coefficient (Wildman–Crippen LogP) is -6.22. The van der Waals surface area contributed by atoms with Crippen LogP contribution >= 0.6 is 43.2 Å². The van der Waals surface area contributed by atoms with Crippen molar-refractivity contribution >= 4 is 126 Å². The number of hydrogen-bond acceptors (Lipinski definition) is 23. The van der Waals surface area contributed by atoms with Gasteiger partial charge in [-0.05, 0) is 62.6 Å². The number of amides is 13. The van der Waals surface area contributed by atoms with Gasteiger partial charge in [0.05, 0.1) is 25.4 Å². The number of carbonyl (C=O) groups is 14. The lowest BCUT2D eigenvalue weighted by Crippen LogP contribution is -2.62. The van der Waals surface area contributed by atoms with Crippen LogP contribution in [0.2, 0.25) is 0 Å². The highest BCUT2D eigenvalue weighted by molar-refractivity contribution is 8.77. The highest BCUT2D eigenvalue weighted by Gasteiger charge is 2.48. The molecule has 13 amide bonds. The summed E-state index contributed by atoms with van der Waals surface area (Å²) in [5.74, 6) is -17.0. The third-order valence-electron chi connectivity index (χ3n) is 15.2. The van der Waals surface area contributed by atoms with Crippen LogP contribution in [0, 0.1) is 11.8 Å². The van der Waals surface area contributed by atoms with Crippen LogP contribution in [-0.4, -0.2) is 259 Å². The molecule has 93 heavy (non-hydrogen) atoms. The van der Waals surface area contributed by atoms with Crippen LogP contribution in [0.4, 0.5) is 0 Å². The molecule has 33 nitrogen and oxygen atoms in total. The lowest BCUT2D eigenvalue weighted by atomic mass is 9.98. The maximum absolute atomic E-state index is 14.6. The molecule has 0 aromatic heterocycles. The minimum Gasteiger partial charge on any atom is -0.508 e. The van der Waals surface area contributed by atoms with Gasteiger partial charge in [0.2, 0.25) is 76.8 Å². The number of aromatic hydroxyl groups is 1. The van der Waals surface area contributed by atoms with Crippen molar-refractivity contribution in [2.45, 2.75) is 158 Å². The normalized spacial score (nSPS) is 29.0. The molecule has 1 aromatic rings. The summed E-state index contributed by atoms with van der Waals surface area (Å²) in [6.07, 6.45) is -3.41. The number of carboxylic acid groups (broad SMARTS) is 1. The van der Waals surface area contributed by atoms with Gasteiger partial charge in [-0.3, -0.25) is 67.1 Å². The Morgan fingerprint density at radius 3 is 1.82 bits per heavy atom. The standard InChI is InChI=1S/C56H84N14O19S4/c1-25(2)14-32-47(80)61-33(15-29-9-11-30(73)12-10-29)48(81)64-35(46(79)58-18-42(76)77)21-90-93-24-38-52(85)63-34(20-71)49(82)68-44(28(6)72)56(89)70-19-31(74)16-40(70)55(88)69-13-7-8-39(69)53(86)66-37(23-92-91-22-36(51(84)65-38)60-41(75)17-57)50(83)59-27(5)45(78)67-43(26(3)4)54(87)62-32/h9-12,25-28,31-40,43-44,71-74H,7-8,13-24,57H2,1-6H3,(H,58,79)(H,59,83)(H,60,75)(H,61,80)(H,62,87)(H,63,85)(H,64,81)(H,65,84)(H,66,86)(H,67,78)(H,68,82)(H,76,77)/t27-,28+,31?,32-,33-,34-,35+,36-,37-,38-,39-,40-,43-,44-/m0/s1. The van der Waals surface area contributed by atoms with Gasteiger partial charge in [-0.15, -0.1) is 0 Å². The zero-order valence-electron chi connectivity index (χ0n) is 52.0. The fourth-order valence-corrected chi connectivity index (χ4v) is 14.8. The summed E-state index contributed by atoms with van der Waals surface area (Å²) in [7, 11) is 3.35. The van der Waals surface area contributed by atoms with Gasteiger partial charge in [0.25, 0.3) is 0 Å². The number of benzene rings is 1. The summed E-state index contributed by atoms with van der Waals surface area (Å²) in [4.78, 5) is 199. The molecule has 4 saturated heterocycles. The van der Waals surface area contributed by atoms with Crippen LogP contribution in [0.25, 0.3) is 0 Å². The van der Waals surface area contributed by atoms with Crippen LogP contribution in [0.3, 0.4) is 0 Å². The van der Waals surface area contributed by atoms with E-state index in [2.05, 4.69) is 58.5 Å². The molecular formula is C56H84N14O19S4. The van der Waals surface area contributed by atoms with Gasteiger partial charge in [-0.25, -0.2) is 0 Å². The van der Waals surface area contributed by atoms with E-state index in [1.165, 1.54) is 31.2 Å².